The maximum Gasteiger partial charge on any atom is 0.311 e. The number of phenolic OH excluding ortho intramolecular Hbond substituents is 1. The molecular weight excluding hydrogens is 182 g/mol. The van der Waals surface area contributed by atoms with Crippen molar-refractivity contribution in [2.24, 2.45) is 0 Å². The van der Waals surface area contributed by atoms with Crippen LogP contribution >= 0.6 is 0 Å². The van der Waals surface area contributed by atoms with E-state index in [1.54, 1.807) is 24.3 Å². The van der Waals surface area contributed by atoms with Gasteiger partial charge in [-0.25, -0.2) is 0 Å². The molecule has 0 amide bonds. The number of phenols is 1. The first-order valence-electron chi connectivity index (χ1n) is 4.05. The number of hydrogen-bond donors (Lipinski definition) is 1. The number of fused-ring (bicyclic) bond motifs is 1. The molecule has 14 heavy (non-hydrogen) atoms. The van der Waals surface area contributed by atoms with Gasteiger partial charge in [0.1, 0.15) is 0 Å². The second-order valence-corrected chi connectivity index (χ2v) is 2.91. The van der Waals surface area contributed by atoms with E-state index in [0.717, 1.165) is 5.39 Å². The van der Waals surface area contributed by atoms with Crippen LogP contribution in [0.1, 0.15) is 0 Å². The van der Waals surface area contributed by atoms with Gasteiger partial charge in [0.25, 0.3) is 0 Å². The van der Waals surface area contributed by atoms with Gasteiger partial charge in [-0.1, -0.05) is 24.3 Å². The van der Waals surface area contributed by atoms with Crippen LogP contribution in [0.3, 0.4) is 0 Å². The molecule has 0 atom stereocenters. The van der Waals surface area contributed by atoms with Crippen LogP contribution in [0, 0.1) is 10.1 Å². The van der Waals surface area contributed by atoms with E-state index in [0.29, 0.717) is 5.39 Å². The smallest absolute Gasteiger partial charge is 0.311 e. The molecule has 4 heteroatoms. The maximum atomic E-state index is 10.5. The van der Waals surface area contributed by atoms with Crippen LogP contribution in [0.4, 0.5) is 5.69 Å². The quantitative estimate of drug-likeness (QED) is 0.553. The SMILES string of the molecule is O=[N+]([O-])c1ccc2ccccc2c1O. The first-order chi connectivity index (χ1) is 6.70. The van der Waals surface area contributed by atoms with Crippen molar-refractivity contribution >= 4 is 16.5 Å². The zero-order valence-corrected chi connectivity index (χ0v) is 7.18. The van der Waals surface area contributed by atoms with E-state index in [4.69, 9.17) is 0 Å². The average molecular weight is 189 g/mol. The zero-order valence-electron chi connectivity index (χ0n) is 7.18. The summed E-state index contributed by atoms with van der Waals surface area (Å²) in [5.41, 5.74) is -0.260. The lowest BCUT2D eigenvalue weighted by Gasteiger charge is -2.00. The third kappa shape index (κ3) is 1.17. The molecule has 0 heterocycles. The highest BCUT2D eigenvalue weighted by Gasteiger charge is 2.14. The van der Waals surface area contributed by atoms with Crippen LogP contribution in [0.2, 0.25) is 0 Å². The van der Waals surface area contributed by atoms with E-state index >= 15 is 0 Å². The van der Waals surface area contributed by atoms with Crippen LogP contribution in [-0.2, 0) is 0 Å². The van der Waals surface area contributed by atoms with Crippen molar-refractivity contribution in [3.8, 4) is 5.75 Å². The van der Waals surface area contributed by atoms with E-state index in [-0.39, 0.29) is 11.4 Å². The minimum Gasteiger partial charge on any atom is -0.502 e. The fraction of sp³-hybridized carbons (Fsp3) is 0. The standard InChI is InChI=1S/C10H7NO3/c12-10-8-4-2-1-3-7(8)5-6-9(10)11(13)14/h1-6,12H. The molecule has 0 unspecified atom stereocenters. The van der Waals surface area contributed by atoms with Crippen LogP contribution in [-0.4, -0.2) is 10.0 Å². The number of aromatic hydroxyl groups is 1. The number of hydrogen-bond acceptors (Lipinski definition) is 3. The first kappa shape index (κ1) is 8.50. The predicted octanol–water partition coefficient (Wildman–Crippen LogP) is 2.45. The summed E-state index contributed by atoms with van der Waals surface area (Å²) in [7, 11) is 0. The van der Waals surface area contributed by atoms with Crippen LogP contribution < -0.4 is 0 Å². The summed E-state index contributed by atoms with van der Waals surface area (Å²) in [6, 6.07) is 9.90. The lowest BCUT2D eigenvalue weighted by atomic mass is 10.1. The molecule has 0 aliphatic rings. The lowest BCUT2D eigenvalue weighted by Crippen LogP contribution is -1.88. The van der Waals surface area contributed by atoms with E-state index in [9.17, 15) is 15.2 Å². The summed E-state index contributed by atoms with van der Waals surface area (Å²) >= 11 is 0. The first-order valence-corrected chi connectivity index (χ1v) is 4.05. The highest BCUT2D eigenvalue weighted by Crippen LogP contribution is 2.33. The third-order valence-electron chi connectivity index (χ3n) is 2.08. The summed E-state index contributed by atoms with van der Waals surface area (Å²) < 4.78 is 0. The summed E-state index contributed by atoms with van der Waals surface area (Å²) in [5.74, 6) is -0.270. The zero-order chi connectivity index (χ0) is 10.1. The van der Waals surface area contributed by atoms with Gasteiger partial charge in [0.15, 0.2) is 0 Å². The van der Waals surface area contributed by atoms with Gasteiger partial charge < -0.3 is 5.11 Å². The molecule has 0 saturated heterocycles. The topological polar surface area (TPSA) is 63.4 Å². The van der Waals surface area contributed by atoms with Crippen LogP contribution in [0.15, 0.2) is 36.4 Å². The lowest BCUT2D eigenvalue weighted by molar-refractivity contribution is -0.385. The van der Waals surface area contributed by atoms with Gasteiger partial charge in [0.2, 0.25) is 5.75 Å². The Morgan fingerprint density at radius 1 is 1.14 bits per heavy atom. The number of rotatable bonds is 1. The van der Waals surface area contributed by atoms with Crippen molar-refractivity contribution in [1.29, 1.82) is 0 Å². The van der Waals surface area contributed by atoms with Crippen molar-refractivity contribution in [3.05, 3.63) is 46.5 Å². The molecule has 4 nitrogen and oxygen atoms in total. The monoisotopic (exact) mass is 189 g/mol. The molecule has 0 aliphatic heterocycles. The number of nitrogens with zero attached hydrogens (tertiary/aromatic N) is 1. The largest absolute Gasteiger partial charge is 0.502 e. The van der Waals surface area contributed by atoms with Gasteiger partial charge in [-0.15, -0.1) is 0 Å². The fourth-order valence-corrected chi connectivity index (χ4v) is 1.39. The molecule has 2 rings (SSSR count). The minimum atomic E-state index is -0.595. The van der Waals surface area contributed by atoms with Gasteiger partial charge in [0.05, 0.1) is 4.92 Å². The second-order valence-electron chi connectivity index (χ2n) is 2.91. The normalized spacial score (nSPS) is 10.3. The maximum absolute atomic E-state index is 10.5. The molecule has 1 N–H and O–H groups in total. The molecule has 0 aromatic heterocycles. The van der Waals surface area contributed by atoms with E-state index in [1.807, 2.05) is 6.07 Å². The van der Waals surface area contributed by atoms with Crippen molar-refractivity contribution in [1.82, 2.24) is 0 Å². The summed E-state index contributed by atoms with van der Waals surface area (Å²) in [6.07, 6.45) is 0. The second kappa shape index (κ2) is 2.99. The Balaban J connectivity index is 2.81. The van der Waals surface area contributed by atoms with Crippen LogP contribution in [0.5, 0.6) is 5.75 Å². The molecule has 0 fully saturated rings. The molecule has 2 aromatic rings. The summed E-state index contributed by atoms with van der Waals surface area (Å²) in [6.45, 7) is 0. The highest BCUT2D eigenvalue weighted by atomic mass is 16.6. The Labute approximate surface area is 79.6 Å². The van der Waals surface area contributed by atoms with Crippen molar-refractivity contribution in [3.63, 3.8) is 0 Å². The Bertz CT molecular complexity index is 508. The average Bonchev–Trinajstić information content (AvgIpc) is 2.18. The van der Waals surface area contributed by atoms with Gasteiger partial charge in [0, 0.05) is 11.5 Å². The van der Waals surface area contributed by atoms with E-state index in [1.165, 1.54) is 6.07 Å². The fourth-order valence-electron chi connectivity index (χ4n) is 1.39. The highest BCUT2D eigenvalue weighted by molar-refractivity contribution is 5.91. The molecule has 70 valence electrons. The van der Waals surface area contributed by atoms with E-state index in [2.05, 4.69) is 0 Å². The molecule has 0 aliphatic carbocycles. The molecule has 0 saturated carbocycles. The number of nitro groups is 1. The Hall–Kier alpha value is -2.10. The van der Waals surface area contributed by atoms with Crippen molar-refractivity contribution in [2.45, 2.75) is 0 Å². The van der Waals surface area contributed by atoms with Crippen molar-refractivity contribution in [2.75, 3.05) is 0 Å². The predicted molar refractivity (Wildman–Crippen MR) is 52.3 cm³/mol. The van der Waals surface area contributed by atoms with Crippen molar-refractivity contribution < 1.29 is 10.0 Å². The van der Waals surface area contributed by atoms with Crippen LogP contribution in [0.25, 0.3) is 10.8 Å². The Kier molecular flexibility index (Phi) is 1.81. The third-order valence-corrected chi connectivity index (χ3v) is 2.08. The van der Waals surface area contributed by atoms with E-state index < -0.39 is 4.92 Å². The number of nitro benzene ring substituents is 1. The molecule has 0 bridgehead atoms. The molecule has 2 aromatic carbocycles. The Morgan fingerprint density at radius 2 is 1.86 bits per heavy atom. The molecule has 0 radical (unpaired) electrons. The van der Waals surface area contributed by atoms with Gasteiger partial charge in [-0.3, -0.25) is 10.1 Å². The van der Waals surface area contributed by atoms with Gasteiger partial charge in [-0.2, -0.15) is 0 Å². The molecule has 0 spiro atoms. The minimum absolute atomic E-state index is 0.260. The Morgan fingerprint density at radius 3 is 2.57 bits per heavy atom. The molecular formula is C10H7NO3. The number of benzene rings is 2. The summed E-state index contributed by atoms with van der Waals surface area (Å²) in [5, 5.41) is 21.4. The van der Waals surface area contributed by atoms with Gasteiger partial charge in [-0.05, 0) is 11.5 Å². The van der Waals surface area contributed by atoms with Gasteiger partial charge >= 0.3 is 5.69 Å². The summed E-state index contributed by atoms with van der Waals surface area (Å²) in [4.78, 5) is 9.92.